The Bertz CT molecular complexity index is 515. The predicted octanol–water partition coefficient (Wildman–Crippen LogP) is 2.31. The quantitative estimate of drug-likeness (QED) is 0.857. The Morgan fingerprint density at radius 2 is 2.09 bits per heavy atom. The maximum absolute atomic E-state index is 12.8. The minimum atomic E-state index is -0.478. The molecular formula is C15H23FN4O2. The number of hydrogen-bond donors (Lipinski definition) is 0. The number of anilines is 1. The fraction of sp³-hybridized carbons (Fsp3) is 0.667. The van der Waals surface area contributed by atoms with Gasteiger partial charge in [-0.3, -0.25) is 0 Å². The van der Waals surface area contributed by atoms with Crippen LogP contribution in [0.1, 0.15) is 27.2 Å². The van der Waals surface area contributed by atoms with Crippen molar-refractivity contribution >= 4 is 12.0 Å². The minimum Gasteiger partial charge on any atom is -0.444 e. The van der Waals surface area contributed by atoms with Gasteiger partial charge < -0.3 is 14.5 Å². The fourth-order valence-electron chi connectivity index (χ4n) is 2.45. The summed E-state index contributed by atoms with van der Waals surface area (Å²) in [5, 5.41) is 0. The number of amides is 1. The van der Waals surface area contributed by atoms with Crippen molar-refractivity contribution in [3.8, 4) is 0 Å². The molecule has 1 aromatic rings. The lowest BCUT2D eigenvalue weighted by Gasteiger charge is -2.25. The van der Waals surface area contributed by atoms with Crippen LogP contribution in [0.15, 0.2) is 12.4 Å². The molecule has 1 saturated heterocycles. The normalized spacial score (nSPS) is 18.4. The van der Waals surface area contributed by atoms with E-state index in [-0.39, 0.29) is 6.09 Å². The van der Waals surface area contributed by atoms with Gasteiger partial charge in [-0.05, 0) is 33.1 Å². The summed E-state index contributed by atoms with van der Waals surface area (Å²) in [6.45, 7) is 7.64. The standard InChI is InChI=1S/C15H23FN4O2/c1-15(2,3)22-14(21)20-6-5-11(10-20)9-19(4)13-17-7-12(16)8-18-13/h7-8,11H,5-6,9-10H2,1-4H3. The van der Waals surface area contributed by atoms with Gasteiger partial charge in [-0.15, -0.1) is 0 Å². The van der Waals surface area contributed by atoms with Crippen molar-refractivity contribution in [3.05, 3.63) is 18.2 Å². The molecule has 1 aliphatic heterocycles. The number of halogens is 1. The number of ether oxygens (including phenoxy) is 1. The molecule has 1 unspecified atom stereocenters. The van der Waals surface area contributed by atoms with Gasteiger partial charge in [-0.2, -0.15) is 0 Å². The van der Waals surface area contributed by atoms with E-state index in [2.05, 4.69) is 9.97 Å². The van der Waals surface area contributed by atoms with Crippen molar-refractivity contribution in [2.24, 2.45) is 5.92 Å². The predicted molar refractivity (Wildman–Crippen MR) is 81.2 cm³/mol. The molecule has 122 valence electrons. The van der Waals surface area contributed by atoms with Gasteiger partial charge in [0.15, 0.2) is 5.82 Å². The van der Waals surface area contributed by atoms with Crippen molar-refractivity contribution in [2.75, 3.05) is 31.6 Å². The molecule has 6 nitrogen and oxygen atoms in total. The first-order valence-corrected chi connectivity index (χ1v) is 7.41. The van der Waals surface area contributed by atoms with Gasteiger partial charge in [0.05, 0.1) is 12.4 Å². The molecule has 1 fully saturated rings. The molecule has 0 aromatic carbocycles. The highest BCUT2D eigenvalue weighted by atomic mass is 19.1. The number of nitrogens with zero attached hydrogens (tertiary/aromatic N) is 4. The van der Waals surface area contributed by atoms with Gasteiger partial charge in [0.1, 0.15) is 5.60 Å². The van der Waals surface area contributed by atoms with Crippen LogP contribution in [-0.2, 0) is 4.74 Å². The molecule has 2 rings (SSSR count). The molecule has 1 aromatic heterocycles. The van der Waals surface area contributed by atoms with Crippen LogP contribution >= 0.6 is 0 Å². The molecule has 0 saturated carbocycles. The van der Waals surface area contributed by atoms with Crippen molar-refractivity contribution in [2.45, 2.75) is 32.8 Å². The van der Waals surface area contributed by atoms with E-state index in [0.29, 0.717) is 31.5 Å². The van der Waals surface area contributed by atoms with Crippen LogP contribution in [0.4, 0.5) is 15.1 Å². The lowest BCUT2D eigenvalue weighted by atomic mass is 10.1. The zero-order valence-corrected chi connectivity index (χ0v) is 13.5. The number of carbonyl (C=O) groups excluding carboxylic acids is 1. The SMILES string of the molecule is CN(CC1CCN(C(=O)OC(C)(C)C)C1)c1ncc(F)cn1. The van der Waals surface area contributed by atoms with E-state index < -0.39 is 11.4 Å². The summed E-state index contributed by atoms with van der Waals surface area (Å²) in [5.41, 5.74) is -0.478. The van der Waals surface area contributed by atoms with Crippen molar-refractivity contribution in [1.29, 1.82) is 0 Å². The molecule has 22 heavy (non-hydrogen) atoms. The average Bonchev–Trinajstić information content (AvgIpc) is 2.86. The lowest BCUT2D eigenvalue weighted by molar-refractivity contribution is 0.0288. The third kappa shape index (κ3) is 4.54. The summed E-state index contributed by atoms with van der Waals surface area (Å²) < 4.78 is 18.2. The number of rotatable bonds is 3. The molecule has 1 atom stereocenters. The second-order valence-electron chi connectivity index (χ2n) is 6.66. The van der Waals surface area contributed by atoms with Crippen LogP contribution in [0.2, 0.25) is 0 Å². The Morgan fingerprint density at radius 3 is 2.68 bits per heavy atom. The van der Waals surface area contributed by atoms with Gasteiger partial charge in [-0.1, -0.05) is 0 Å². The van der Waals surface area contributed by atoms with Crippen LogP contribution in [0.3, 0.4) is 0 Å². The van der Waals surface area contributed by atoms with Crippen molar-refractivity contribution in [1.82, 2.24) is 14.9 Å². The number of hydrogen-bond acceptors (Lipinski definition) is 5. The summed E-state index contributed by atoms with van der Waals surface area (Å²) >= 11 is 0. The van der Waals surface area contributed by atoms with E-state index >= 15 is 0 Å². The molecule has 1 aliphatic rings. The summed E-state index contributed by atoms with van der Waals surface area (Å²) in [6, 6.07) is 0. The lowest BCUT2D eigenvalue weighted by Crippen LogP contribution is -2.36. The summed E-state index contributed by atoms with van der Waals surface area (Å²) in [4.78, 5) is 23.5. The third-order valence-electron chi connectivity index (χ3n) is 3.42. The minimum absolute atomic E-state index is 0.268. The van der Waals surface area contributed by atoms with Crippen molar-refractivity contribution < 1.29 is 13.9 Å². The van der Waals surface area contributed by atoms with Gasteiger partial charge >= 0.3 is 6.09 Å². The highest BCUT2D eigenvalue weighted by Crippen LogP contribution is 2.21. The maximum atomic E-state index is 12.8. The van der Waals surface area contributed by atoms with Gasteiger partial charge in [0.2, 0.25) is 5.95 Å². The van der Waals surface area contributed by atoms with Crippen LogP contribution in [0, 0.1) is 11.7 Å². The topological polar surface area (TPSA) is 58.6 Å². The van der Waals surface area contributed by atoms with E-state index in [0.717, 1.165) is 18.8 Å². The Hall–Kier alpha value is -1.92. The Balaban J connectivity index is 1.85. The molecule has 2 heterocycles. The molecule has 0 bridgehead atoms. The van der Waals surface area contributed by atoms with E-state index in [9.17, 15) is 9.18 Å². The molecule has 0 aliphatic carbocycles. The first-order chi connectivity index (χ1) is 10.2. The summed E-state index contributed by atoms with van der Waals surface area (Å²) in [6.07, 6.45) is 2.95. The van der Waals surface area contributed by atoms with Crippen LogP contribution in [0.5, 0.6) is 0 Å². The zero-order valence-electron chi connectivity index (χ0n) is 13.5. The Labute approximate surface area is 130 Å². The molecule has 7 heteroatoms. The number of carbonyl (C=O) groups is 1. The van der Waals surface area contributed by atoms with Gasteiger partial charge in [0, 0.05) is 26.7 Å². The summed E-state index contributed by atoms with van der Waals surface area (Å²) in [7, 11) is 1.86. The Kier molecular flexibility index (Phi) is 4.83. The van der Waals surface area contributed by atoms with E-state index in [1.807, 2.05) is 32.7 Å². The highest BCUT2D eigenvalue weighted by molar-refractivity contribution is 5.68. The highest BCUT2D eigenvalue weighted by Gasteiger charge is 2.30. The van der Waals surface area contributed by atoms with Crippen LogP contribution in [-0.4, -0.2) is 53.2 Å². The number of aromatic nitrogens is 2. The van der Waals surface area contributed by atoms with Crippen LogP contribution in [0.25, 0.3) is 0 Å². The molecule has 0 radical (unpaired) electrons. The van der Waals surface area contributed by atoms with Gasteiger partial charge in [-0.25, -0.2) is 19.2 Å². The van der Waals surface area contributed by atoms with E-state index in [4.69, 9.17) is 4.74 Å². The Morgan fingerprint density at radius 1 is 1.45 bits per heavy atom. The molecule has 0 N–H and O–H groups in total. The van der Waals surface area contributed by atoms with Crippen molar-refractivity contribution in [3.63, 3.8) is 0 Å². The fourth-order valence-corrected chi connectivity index (χ4v) is 2.45. The van der Waals surface area contributed by atoms with Gasteiger partial charge in [0.25, 0.3) is 0 Å². The largest absolute Gasteiger partial charge is 0.444 e. The van der Waals surface area contributed by atoms with E-state index in [1.54, 1.807) is 4.90 Å². The maximum Gasteiger partial charge on any atom is 0.410 e. The molecule has 1 amide bonds. The second kappa shape index (κ2) is 6.46. The second-order valence-corrected chi connectivity index (χ2v) is 6.66. The molecular weight excluding hydrogens is 287 g/mol. The first kappa shape index (κ1) is 16.5. The summed E-state index contributed by atoms with van der Waals surface area (Å²) in [5.74, 6) is 0.359. The molecule has 0 spiro atoms. The smallest absolute Gasteiger partial charge is 0.410 e. The monoisotopic (exact) mass is 310 g/mol. The van der Waals surface area contributed by atoms with E-state index in [1.165, 1.54) is 0 Å². The first-order valence-electron chi connectivity index (χ1n) is 7.41. The third-order valence-corrected chi connectivity index (χ3v) is 3.42. The average molecular weight is 310 g/mol. The number of likely N-dealkylation sites (tertiary alicyclic amines) is 1. The van der Waals surface area contributed by atoms with Crippen LogP contribution < -0.4 is 4.90 Å². The zero-order chi connectivity index (χ0) is 16.3.